The van der Waals surface area contributed by atoms with E-state index in [0.717, 1.165) is 36.8 Å². The lowest BCUT2D eigenvalue weighted by atomic mass is 9.92. The van der Waals surface area contributed by atoms with Gasteiger partial charge in [-0.3, -0.25) is 9.79 Å². The molecule has 8 heteroatoms. The molecule has 3 aromatic rings. The third-order valence-corrected chi connectivity index (χ3v) is 6.25. The Labute approximate surface area is 199 Å². The van der Waals surface area contributed by atoms with Gasteiger partial charge in [0, 0.05) is 43.3 Å². The van der Waals surface area contributed by atoms with Crippen molar-refractivity contribution in [2.45, 2.75) is 31.7 Å². The lowest BCUT2D eigenvalue weighted by Gasteiger charge is -2.21. The lowest BCUT2D eigenvalue weighted by Crippen LogP contribution is -2.29. The van der Waals surface area contributed by atoms with Crippen molar-refractivity contribution in [1.82, 2.24) is 9.61 Å². The number of ether oxygens (including phenoxy) is 2. The molecule has 1 aromatic carbocycles. The number of nitrogens with zero attached hydrogens (tertiary/aromatic N) is 3. The fourth-order valence-electron chi connectivity index (χ4n) is 4.50. The van der Waals surface area contributed by atoms with E-state index in [-0.39, 0.29) is 17.4 Å². The van der Waals surface area contributed by atoms with Gasteiger partial charge in [-0.1, -0.05) is 18.9 Å². The first-order chi connectivity index (χ1) is 16.5. The van der Waals surface area contributed by atoms with Gasteiger partial charge in [0.15, 0.2) is 0 Å². The Balaban J connectivity index is 1.78. The first-order valence-corrected chi connectivity index (χ1v) is 11.4. The fourth-order valence-corrected chi connectivity index (χ4v) is 4.50. The van der Waals surface area contributed by atoms with Gasteiger partial charge in [0.2, 0.25) is 5.78 Å². The highest BCUT2D eigenvalue weighted by molar-refractivity contribution is 6.05. The molecule has 178 valence electrons. The number of ketones is 1. The number of nitrogens with two attached hydrogens (primary N) is 1. The van der Waals surface area contributed by atoms with E-state index in [1.807, 2.05) is 42.6 Å². The van der Waals surface area contributed by atoms with Crippen LogP contribution < -0.4 is 20.5 Å². The first kappa shape index (κ1) is 23.4. The van der Waals surface area contributed by atoms with E-state index in [1.165, 1.54) is 0 Å². The molecule has 34 heavy (non-hydrogen) atoms. The zero-order chi connectivity index (χ0) is 24.1. The van der Waals surface area contributed by atoms with Crippen LogP contribution in [0.2, 0.25) is 0 Å². The number of hydrogen-bond acceptors (Lipinski definition) is 7. The second-order valence-electron chi connectivity index (χ2n) is 8.42. The maximum absolute atomic E-state index is 13.9. The minimum Gasteiger partial charge on any atom is -0.497 e. The van der Waals surface area contributed by atoms with Gasteiger partial charge in [0.1, 0.15) is 17.5 Å². The van der Waals surface area contributed by atoms with Crippen molar-refractivity contribution in [3.63, 3.8) is 0 Å². The molecule has 0 aliphatic heterocycles. The number of rotatable bonds is 9. The standard InChI is InChI=1S/C26H31N5O3/c1-28-16-22(17-8-4-5-9-17)24(27)26(32)25(23-14-19-10-6-7-11-31(19)30-23)29-18-12-20(33-2)15-21(13-18)34-3/h6-7,10-17,25,29H,4-5,8-9,27H2,1-3H3. The summed E-state index contributed by atoms with van der Waals surface area (Å²) in [7, 11) is 4.87. The Hall–Kier alpha value is -3.81. The van der Waals surface area contributed by atoms with Crippen molar-refractivity contribution in [2.24, 2.45) is 16.6 Å². The summed E-state index contributed by atoms with van der Waals surface area (Å²) in [5.41, 5.74) is 9.68. The number of pyridine rings is 1. The maximum atomic E-state index is 13.9. The largest absolute Gasteiger partial charge is 0.497 e. The number of aliphatic imine (C=N–C) groups is 1. The lowest BCUT2D eigenvalue weighted by molar-refractivity contribution is -0.116. The molecule has 1 saturated carbocycles. The number of hydrogen-bond donors (Lipinski definition) is 2. The van der Waals surface area contributed by atoms with Gasteiger partial charge in [-0.2, -0.15) is 5.10 Å². The number of aromatic nitrogens is 2. The third-order valence-electron chi connectivity index (χ3n) is 6.25. The number of carbonyl (C=O) groups is 1. The molecule has 0 radical (unpaired) electrons. The summed E-state index contributed by atoms with van der Waals surface area (Å²) >= 11 is 0. The number of nitrogens with one attached hydrogen (secondary N) is 1. The second kappa shape index (κ2) is 10.4. The highest BCUT2D eigenvalue weighted by atomic mass is 16.5. The topological polar surface area (TPSA) is 103 Å². The van der Waals surface area contributed by atoms with Crippen molar-refractivity contribution in [3.8, 4) is 11.5 Å². The minimum absolute atomic E-state index is 0.224. The monoisotopic (exact) mass is 461 g/mol. The molecule has 3 N–H and O–H groups in total. The second-order valence-corrected chi connectivity index (χ2v) is 8.42. The maximum Gasteiger partial charge on any atom is 0.207 e. The Morgan fingerprint density at radius 3 is 2.50 bits per heavy atom. The van der Waals surface area contributed by atoms with Crippen molar-refractivity contribution >= 4 is 23.2 Å². The fraction of sp³-hybridized carbons (Fsp3) is 0.346. The van der Waals surface area contributed by atoms with E-state index in [9.17, 15) is 4.79 Å². The van der Waals surface area contributed by atoms with Gasteiger partial charge in [-0.25, -0.2) is 4.52 Å². The van der Waals surface area contributed by atoms with Crippen molar-refractivity contribution < 1.29 is 14.3 Å². The minimum atomic E-state index is -0.807. The van der Waals surface area contributed by atoms with Crippen LogP contribution in [0.1, 0.15) is 37.4 Å². The smallest absolute Gasteiger partial charge is 0.207 e. The molecule has 0 saturated heterocycles. The molecular weight excluding hydrogens is 430 g/mol. The molecule has 2 heterocycles. The number of Topliss-reactive ketones (excluding diaryl/α,β-unsaturated/α-hetero) is 1. The Bertz CT molecular complexity index is 1170. The number of fused-ring (bicyclic) bond motifs is 1. The van der Waals surface area contributed by atoms with Gasteiger partial charge in [0.25, 0.3) is 0 Å². The van der Waals surface area contributed by atoms with Gasteiger partial charge in [-0.05, 0) is 42.5 Å². The van der Waals surface area contributed by atoms with Crippen LogP contribution in [0.4, 0.5) is 5.69 Å². The zero-order valence-corrected chi connectivity index (χ0v) is 19.8. The molecule has 1 fully saturated rings. The first-order valence-electron chi connectivity index (χ1n) is 11.4. The summed E-state index contributed by atoms with van der Waals surface area (Å²) in [5, 5.41) is 7.99. The summed E-state index contributed by atoms with van der Waals surface area (Å²) in [6.07, 6.45) is 7.86. The van der Waals surface area contributed by atoms with Crippen LogP contribution in [-0.2, 0) is 4.79 Å². The van der Waals surface area contributed by atoms with E-state index in [2.05, 4.69) is 15.4 Å². The van der Waals surface area contributed by atoms with Crippen LogP contribution in [-0.4, -0.2) is 42.9 Å². The normalized spacial score (nSPS) is 16.0. The number of anilines is 1. The predicted molar refractivity (Wildman–Crippen MR) is 134 cm³/mol. The van der Waals surface area contributed by atoms with Crippen LogP contribution >= 0.6 is 0 Å². The highest BCUT2D eigenvalue weighted by Gasteiger charge is 2.30. The molecule has 1 unspecified atom stereocenters. The summed E-state index contributed by atoms with van der Waals surface area (Å²) in [6.45, 7) is 0. The molecule has 2 aromatic heterocycles. The van der Waals surface area contributed by atoms with Gasteiger partial charge in [0.05, 0.1) is 31.1 Å². The van der Waals surface area contributed by atoms with Crippen molar-refractivity contribution in [3.05, 3.63) is 65.6 Å². The van der Waals surface area contributed by atoms with Crippen LogP contribution in [0.15, 0.2) is 64.9 Å². The zero-order valence-electron chi connectivity index (χ0n) is 19.8. The molecule has 0 amide bonds. The third kappa shape index (κ3) is 4.90. The van der Waals surface area contributed by atoms with E-state index < -0.39 is 6.04 Å². The van der Waals surface area contributed by atoms with Crippen LogP contribution in [0.3, 0.4) is 0 Å². The Morgan fingerprint density at radius 2 is 1.88 bits per heavy atom. The average Bonchev–Trinajstić information content (AvgIpc) is 3.55. The average molecular weight is 462 g/mol. The number of carbonyl (C=O) groups excluding carboxylic acids is 1. The summed E-state index contributed by atoms with van der Waals surface area (Å²) in [4.78, 5) is 18.1. The number of allylic oxidation sites excluding steroid dienone is 1. The highest BCUT2D eigenvalue weighted by Crippen LogP contribution is 2.34. The van der Waals surface area contributed by atoms with E-state index >= 15 is 0 Å². The number of benzene rings is 1. The molecule has 1 aliphatic carbocycles. The molecule has 8 nitrogen and oxygen atoms in total. The van der Waals surface area contributed by atoms with Crippen molar-refractivity contribution in [2.75, 3.05) is 26.6 Å². The Morgan fingerprint density at radius 1 is 1.18 bits per heavy atom. The van der Waals surface area contributed by atoms with Crippen LogP contribution in [0, 0.1) is 5.92 Å². The molecule has 0 bridgehead atoms. The number of methoxy groups -OCH3 is 2. The van der Waals surface area contributed by atoms with E-state index in [0.29, 0.717) is 22.9 Å². The van der Waals surface area contributed by atoms with Crippen LogP contribution in [0.5, 0.6) is 11.5 Å². The molecule has 1 aliphatic rings. The van der Waals surface area contributed by atoms with E-state index in [1.54, 1.807) is 38.1 Å². The van der Waals surface area contributed by atoms with Crippen LogP contribution in [0.25, 0.3) is 5.52 Å². The van der Waals surface area contributed by atoms with E-state index in [4.69, 9.17) is 15.2 Å². The molecule has 1 atom stereocenters. The molecule has 0 spiro atoms. The van der Waals surface area contributed by atoms with Crippen molar-refractivity contribution in [1.29, 1.82) is 0 Å². The predicted octanol–water partition coefficient (Wildman–Crippen LogP) is 4.18. The van der Waals surface area contributed by atoms with Gasteiger partial charge in [-0.15, -0.1) is 0 Å². The molecular formula is C26H31N5O3. The quantitative estimate of drug-likeness (QED) is 0.366. The summed E-state index contributed by atoms with van der Waals surface area (Å²) < 4.78 is 12.5. The van der Waals surface area contributed by atoms with Gasteiger partial charge >= 0.3 is 0 Å². The SMILES string of the molecule is CN=CC(=C(N)C(=O)C(Nc1cc(OC)cc(OC)c1)c1cc2ccccn2n1)C1CCCC1. The molecule has 4 rings (SSSR count). The Kier molecular flexibility index (Phi) is 7.15. The summed E-state index contributed by atoms with van der Waals surface area (Å²) in [5.74, 6) is 1.21. The van der Waals surface area contributed by atoms with Gasteiger partial charge < -0.3 is 20.5 Å². The summed E-state index contributed by atoms with van der Waals surface area (Å²) in [6, 6.07) is 12.2.